The van der Waals surface area contributed by atoms with Crippen molar-refractivity contribution >= 4 is 17.5 Å². The summed E-state index contributed by atoms with van der Waals surface area (Å²) < 4.78 is 18.3. The second kappa shape index (κ2) is 6.94. The van der Waals surface area contributed by atoms with Gasteiger partial charge in [-0.05, 0) is 42.7 Å². The second-order valence-corrected chi connectivity index (χ2v) is 5.97. The summed E-state index contributed by atoms with van der Waals surface area (Å²) in [6, 6.07) is 4.39. The normalized spacial score (nSPS) is 15.7. The van der Waals surface area contributed by atoms with Crippen molar-refractivity contribution in [2.75, 3.05) is 18.6 Å². The number of thioether (sulfide) groups is 1. The lowest BCUT2D eigenvalue weighted by Crippen LogP contribution is -2.06. The Bertz CT molecular complexity index is 442. The van der Waals surface area contributed by atoms with Crippen LogP contribution in [0, 0.1) is 11.7 Å². The maximum Gasteiger partial charge on any atom is 0.172 e. The molecule has 0 amide bonds. The molecule has 4 heteroatoms. The first-order valence-electron chi connectivity index (χ1n) is 6.65. The summed E-state index contributed by atoms with van der Waals surface area (Å²) in [5, 5.41) is 0. The van der Waals surface area contributed by atoms with E-state index in [0.29, 0.717) is 11.3 Å². The van der Waals surface area contributed by atoms with Crippen LogP contribution in [0.25, 0.3) is 0 Å². The molecule has 104 valence electrons. The van der Waals surface area contributed by atoms with E-state index in [0.717, 1.165) is 11.7 Å². The Hall–Kier alpha value is -1.03. The summed E-state index contributed by atoms with van der Waals surface area (Å²) >= 11 is 1.67. The zero-order valence-corrected chi connectivity index (χ0v) is 12.0. The van der Waals surface area contributed by atoms with E-state index in [2.05, 4.69) is 0 Å². The molecule has 1 aliphatic rings. The molecule has 0 heterocycles. The van der Waals surface area contributed by atoms with Gasteiger partial charge in [-0.3, -0.25) is 4.79 Å². The smallest absolute Gasteiger partial charge is 0.172 e. The number of benzene rings is 1. The number of ketones is 1. The van der Waals surface area contributed by atoms with Crippen LogP contribution in [0.4, 0.5) is 4.39 Å². The fraction of sp³-hybridized carbons (Fsp3) is 0.533. The molecule has 0 N–H and O–H groups in total. The van der Waals surface area contributed by atoms with Crippen LogP contribution >= 0.6 is 11.8 Å². The third-order valence-corrected chi connectivity index (χ3v) is 4.71. The van der Waals surface area contributed by atoms with Crippen LogP contribution in [0.2, 0.25) is 0 Å². The molecule has 0 aliphatic heterocycles. The van der Waals surface area contributed by atoms with Gasteiger partial charge in [0.05, 0.1) is 12.9 Å². The van der Waals surface area contributed by atoms with E-state index >= 15 is 0 Å². The summed E-state index contributed by atoms with van der Waals surface area (Å²) in [4.78, 5) is 11.9. The average Bonchev–Trinajstić information content (AvgIpc) is 2.91. The lowest BCUT2D eigenvalue weighted by molar-refractivity contribution is 0.102. The predicted octanol–water partition coefficient (Wildman–Crippen LogP) is 3.94. The van der Waals surface area contributed by atoms with Gasteiger partial charge in [-0.1, -0.05) is 12.8 Å². The number of methoxy groups -OCH3 is 1. The van der Waals surface area contributed by atoms with Crippen LogP contribution < -0.4 is 4.74 Å². The topological polar surface area (TPSA) is 26.3 Å². The number of carbonyl (C=O) groups excluding carboxylic acids is 1. The molecular weight excluding hydrogens is 263 g/mol. The van der Waals surface area contributed by atoms with Crippen molar-refractivity contribution in [1.82, 2.24) is 0 Å². The fourth-order valence-electron chi connectivity index (χ4n) is 2.42. The van der Waals surface area contributed by atoms with Crippen molar-refractivity contribution in [2.24, 2.45) is 5.92 Å². The molecule has 1 fully saturated rings. The number of rotatable bonds is 6. The van der Waals surface area contributed by atoms with Crippen LogP contribution in [-0.2, 0) is 0 Å². The van der Waals surface area contributed by atoms with E-state index in [1.54, 1.807) is 17.8 Å². The molecule has 19 heavy (non-hydrogen) atoms. The number of halogens is 1. The number of hydrogen-bond donors (Lipinski definition) is 0. The molecule has 0 bridgehead atoms. The molecule has 0 radical (unpaired) electrons. The number of carbonyl (C=O) groups is 1. The van der Waals surface area contributed by atoms with Crippen molar-refractivity contribution in [3.63, 3.8) is 0 Å². The highest BCUT2D eigenvalue weighted by Gasteiger charge is 2.16. The highest BCUT2D eigenvalue weighted by Crippen LogP contribution is 2.28. The van der Waals surface area contributed by atoms with Crippen molar-refractivity contribution in [3.05, 3.63) is 29.6 Å². The molecule has 0 aromatic heterocycles. The Morgan fingerprint density at radius 1 is 1.42 bits per heavy atom. The molecule has 1 aromatic carbocycles. The maximum atomic E-state index is 13.5. The standard InChI is InChI=1S/C15H19FO2S/c1-18-15-7-6-12(8-13(15)16)14(17)10-19-9-11-4-2-3-5-11/h6-8,11H,2-5,9-10H2,1H3. The second-order valence-electron chi connectivity index (χ2n) is 4.94. The van der Waals surface area contributed by atoms with Crippen LogP contribution in [0.3, 0.4) is 0 Å². The summed E-state index contributed by atoms with van der Waals surface area (Å²) in [6.07, 6.45) is 5.22. The first-order chi connectivity index (χ1) is 9.20. The zero-order valence-electron chi connectivity index (χ0n) is 11.2. The molecule has 0 spiro atoms. The van der Waals surface area contributed by atoms with E-state index in [4.69, 9.17) is 4.74 Å². The van der Waals surface area contributed by atoms with Gasteiger partial charge in [-0.15, -0.1) is 0 Å². The van der Waals surface area contributed by atoms with E-state index in [9.17, 15) is 9.18 Å². The minimum atomic E-state index is -0.478. The van der Waals surface area contributed by atoms with Crippen molar-refractivity contribution in [3.8, 4) is 5.75 Å². The van der Waals surface area contributed by atoms with Gasteiger partial charge >= 0.3 is 0 Å². The largest absolute Gasteiger partial charge is 0.494 e. The summed E-state index contributed by atoms with van der Waals surface area (Å²) in [5.74, 6) is 1.94. The lowest BCUT2D eigenvalue weighted by atomic mass is 10.1. The van der Waals surface area contributed by atoms with Crippen molar-refractivity contribution in [1.29, 1.82) is 0 Å². The summed E-state index contributed by atoms with van der Waals surface area (Å²) in [5.41, 5.74) is 0.428. The van der Waals surface area contributed by atoms with E-state index in [1.165, 1.54) is 44.9 Å². The number of hydrogen-bond acceptors (Lipinski definition) is 3. The van der Waals surface area contributed by atoms with Crippen molar-refractivity contribution in [2.45, 2.75) is 25.7 Å². The van der Waals surface area contributed by atoms with Gasteiger partial charge in [-0.2, -0.15) is 11.8 Å². The third-order valence-electron chi connectivity index (χ3n) is 3.54. The van der Waals surface area contributed by atoms with Crippen LogP contribution in [0.5, 0.6) is 5.75 Å². The summed E-state index contributed by atoms with van der Waals surface area (Å²) in [7, 11) is 1.41. The van der Waals surface area contributed by atoms with E-state index in [1.807, 2.05) is 0 Å². The maximum absolute atomic E-state index is 13.5. The molecule has 1 saturated carbocycles. The van der Waals surface area contributed by atoms with Gasteiger partial charge < -0.3 is 4.74 Å². The van der Waals surface area contributed by atoms with Crippen molar-refractivity contribution < 1.29 is 13.9 Å². The average molecular weight is 282 g/mol. The Morgan fingerprint density at radius 3 is 2.79 bits per heavy atom. The third kappa shape index (κ3) is 3.96. The molecule has 0 saturated heterocycles. The van der Waals surface area contributed by atoms with Gasteiger partial charge in [0, 0.05) is 5.56 Å². The predicted molar refractivity (Wildman–Crippen MR) is 76.6 cm³/mol. The fourth-order valence-corrected chi connectivity index (χ4v) is 3.56. The highest BCUT2D eigenvalue weighted by atomic mass is 32.2. The van der Waals surface area contributed by atoms with Crippen LogP contribution in [0.15, 0.2) is 18.2 Å². The number of ether oxygens (including phenoxy) is 1. The highest BCUT2D eigenvalue weighted by molar-refractivity contribution is 7.99. The van der Waals surface area contributed by atoms with Gasteiger partial charge in [-0.25, -0.2) is 4.39 Å². The van der Waals surface area contributed by atoms with Gasteiger partial charge in [0.2, 0.25) is 0 Å². The zero-order chi connectivity index (χ0) is 13.7. The Labute approximate surface area is 117 Å². The minimum absolute atomic E-state index is 0.00968. The monoisotopic (exact) mass is 282 g/mol. The molecule has 0 unspecified atom stereocenters. The van der Waals surface area contributed by atoms with Crippen LogP contribution in [0.1, 0.15) is 36.0 Å². The molecular formula is C15H19FO2S. The first kappa shape index (κ1) is 14.4. The molecule has 0 atom stereocenters. The van der Waals surface area contributed by atoms with Gasteiger partial charge in [0.15, 0.2) is 17.3 Å². The molecule has 1 aromatic rings. The minimum Gasteiger partial charge on any atom is -0.494 e. The Morgan fingerprint density at radius 2 is 2.16 bits per heavy atom. The molecule has 1 aliphatic carbocycles. The van der Waals surface area contributed by atoms with E-state index in [-0.39, 0.29) is 11.5 Å². The van der Waals surface area contributed by atoms with Crippen LogP contribution in [-0.4, -0.2) is 24.4 Å². The van der Waals surface area contributed by atoms with Gasteiger partial charge in [0.25, 0.3) is 0 Å². The summed E-state index contributed by atoms with van der Waals surface area (Å²) in [6.45, 7) is 0. The Kier molecular flexibility index (Phi) is 5.25. The molecule has 2 rings (SSSR count). The lowest BCUT2D eigenvalue weighted by Gasteiger charge is -2.08. The first-order valence-corrected chi connectivity index (χ1v) is 7.80. The van der Waals surface area contributed by atoms with E-state index < -0.39 is 5.82 Å². The SMILES string of the molecule is COc1ccc(C(=O)CSCC2CCCC2)cc1F. The Balaban J connectivity index is 1.83. The van der Waals surface area contributed by atoms with Gasteiger partial charge in [0.1, 0.15) is 0 Å². The number of Topliss-reactive ketones (excluding diaryl/α,β-unsaturated/α-hetero) is 1. The quantitative estimate of drug-likeness (QED) is 0.739. The molecule has 2 nitrogen and oxygen atoms in total.